The molecule has 1 aliphatic rings. The van der Waals surface area contributed by atoms with Gasteiger partial charge in [-0.15, -0.1) is 0 Å². The fraction of sp³-hybridized carbons (Fsp3) is 0.650. The highest BCUT2D eigenvalue weighted by molar-refractivity contribution is 5.68. The molecule has 0 fully saturated rings. The SMILES string of the molecule is CCCCCC(O)C=CC1CCC=CCC=CCCCC(=O)OO1. The Morgan fingerprint density at radius 2 is 2.04 bits per heavy atom. The molecule has 0 spiro atoms. The van der Waals surface area contributed by atoms with Gasteiger partial charge < -0.3 is 5.11 Å². The summed E-state index contributed by atoms with van der Waals surface area (Å²) in [6.07, 6.45) is 19.7. The average molecular weight is 336 g/mol. The number of allylic oxidation sites excluding steroid dienone is 4. The van der Waals surface area contributed by atoms with Gasteiger partial charge in [0, 0.05) is 6.42 Å². The van der Waals surface area contributed by atoms with Crippen LogP contribution in [0.1, 0.15) is 71.1 Å². The number of carbonyl (C=O) groups excluding carboxylic acids is 1. The van der Waals surface area contributed by atoms with Gasteiger partial charge in [-0.3, -0.25) is 4.89 Å². The van der Waals surface area contributed by atoms with Crippen molar-refractivity contribution in [2.75, 3.05) is 0 Å². The van der Waals surface area contributed by atoms with Gasteiger partial charge in [0.1, 0.15) is 6.10 Å². The van der Waals surface area contributed by atoms with E-state index in [-0.39, 0.29) is 12.1 Å². The summed E-state index contributed by atoms with van der Waals surface area (Å²) >= 11 is 0. The summed E-state index contributed by atoms with van der Waals surface area (Å²) in [5, 5.41) is 9.96. The molecule has 4 nitrogen and oxygen atoms in total. The first kappa shape index (κ1) is 20.7. The molecule has 4 heteroatoms. The van der Waals surface area contributed by atoms with E-state index in [9.17, 15) is 9.90 Å². The number of carbonyl (C=O) groups is 1. The van der Waals surface area contributed by atoms with Crippen LogP contribution in [0.15, 0.2) is 36.5 Å². The number of unbranched alkanes of at least 4 members (excludes halogenated alkanes) is 2. The Hall–Kier alpha value is -1.39. The van der Waals surface area contributed by atoms with Crippen LogP contribution < -0.4 is 0 Å². The fourth-order valence-electron chi connectivity index (χ4n) is 2.42. The number of rotatable bonds is 6. The Bertz CT molecular complexity index is 412. The lowest BCUT2D eigenvalue weighted by molar-refractivity contribution is -0.289. The molecule has 1 heterocycles. The summed E-state index contributed by atoms with van der Waals surface area (Å²) in [5.74, 6) is -0.335. The van der Waals surface area contributed by atoms with Crippen molar-refractivity contribution in [3.05, 3.63) is 36.5 Å². The third kappa shape index (κ3) is 11.2. The molecule has 0 bridgehead atoms. The van der Waals surface area contributed by atoms with Gasteiger partial charge in [0.05, 0.1) is 6.10 Å². The molecule has 0 aromatic carbocycles. The first-order valence-electron chi connectivity index (χ1n) is 9.25. The lowest BCUT2D eigenvalue weighted by atomic mass is 10.1. The van der Waals surface area contributed by atoms with Crippen LogP contribution in [-0.2, 0) is 14.6 Å². The van der Waals surface area contributed by atoms with Crippen molar-refractivity contribution in [1.29, 1.82) is 0 Å². The van der Waals surface area contributed by atoms with Crippen molar-refractivity contribution < 1.29 is 19.7 Å². The normalized spacial score (nSPS) is 22.2. The minimum absolute atomic E-state index is 0.321. The topological polar surface area (TPSA) is 55.8 Å². The molecule has 0 amide bonds. The van der Waals surface area contributed by atoms with Crippen molar-refractivity contribution in [1.82, 2.24) is 0 Å². The van der Waals surface area contributed by atoms with Gasteiger partial charge in [0.2, 0.25) is 0 Å². The van der Waals surface area contributed by atoms with Crippen molar-refractivity contribution in [3.63, 3.8) is 0 Å². The zero-order valence-electron chi connectivity index (χ0n) is 14.9. The van der Waals surface area contributed by atoms with Gasteiger partial charge in [-0.05, 0) is 38.5 Å². The summed E-state index contributed by atoms with van der Waals surface area (Å²) in [6, 6.07) is 0. The Kier molecular flexibility index (Phi) is 12.0. The Morgan fingerprint density at radius 3 is 2.83 bits per heavy atom. The Morgan fingerprint density at radius 1 is 1.25 bits per heavy atom. The van der Waals surface area contributed by atoms with E-state index in [1.807, 2.05) is 6.08 Å². The molecule has 1 aliphatic heterocycles. The van der Waals surface area contributed by atoms with Crippen LogP contribution in [0.3, 0.4) is 0 Å². The predicted octanol–water partition coefficient (Wildman–Crippen LogP) is 4.79. The van der Waals surface area contributed by atoms with Crippen molar-refractivity contribution >= 4 is 5.97 Å². The highest BCUT2D eigenvalue weighted by Gasteiger charge is 2.11. The van der Waals surface area contributed by atoms with Gasteiger partial charge in [-0.25, -0.2) is 4.79 Å². The Balaban J connectivity index is 2.50. The summed E-state index contributed by atoms with van der Waals surface area (Å²) in [4.78, 5) is 21.8. The van der Waals surface area contributed by atoms with E-state index >= 15 is 0 Å². The van der Waals surface area contributed by atoms with Crippen LogP contribution in [-0.4, -0.2) is 23.3 Å². The smallest absolute Gasteiger partial charge is 0.342 e. The zero-order valence-corrected chi connectivity index (χ0v) is 14.9. The van der Waals surface area contributed by atoms with E-state index in [1.54, 1.807) is 6.08 Å². The largest absolute Gasteiger partial charge is 0.389 e. The fourth-order valence-corrected chi connectivity index (χ4v) is 2.42. The minimum atomic E-state index is -0.468. The van der Waals surface area contributed by atoms with Crippen LogP contribution in [0.2, 0.25) is 0 Å². The van der Waals surface area contributed by atoms with Crippen LogP contribution in [0.4, 0.5) is 0 Å². The Labute approximate surface area is 146 Å². The second-order valence-electron chi connectivity index (χ2n) is 6.19. The average Bonchev–Trinajstić information content (AvgIpc) is 2.58. The molecule has 0 aromatic rings. The molecule has 136 valence electrons. The van der Waals surface area contributed by atoms with Gasteiger partial charge >= 0.3 is 5.97 Å². The zero-order chi connectivity index (χ0) is 17.5. The molecular weight excluding hydrogens is 304 g/mol. The third-order valence-corrected chi connectivity index (χ3v) is 3.89. The molecule has 0 saturated carbocycles. The highest BCUT2D eigenvalue weighted by atomic mass is 17.2. The van der Waals surface area contributed by atoms with E-state index in [4.69, 9.17) is 9.78 Å². The number of aliphatic hydroxyl groups excluding tert-OH is 1. The highest BCUT2D eigenvalue weighted by Crippen LogP contribution is 2.11. The molecule has 0 saturated heterocycles. The number of aliphatic hydroxyl groups is 1. The van der Waals surface area contributed by atoms with E-state index in [0.29, 0.717) is 12.8 Å². The summed E-state index contributed by atoms with van der Waals surface area (Å²) < 4.78 is 0. The molecule has 2 unspecified atom stereocenters. The monoisotopic (exact) mass is 336 g/mol. The molecule has 1 N–H and O–H groups in total. The maximum Gasteiger partial charge on any atom is 0.342 e. The first-order chi connectivity index (χ1) is 11.7. The second kappa shape index (κ2) is 14.0. The van der Waals surface area contributed by atoms with Gasteiger partial charge in [-0.2, -0.15) is 4.89 Å². The lowest BCUT2D eigenvalue weighted by Gasteiger charge is -2.13. The maximum atomic E-state index is 11.7. The first-order valence-corrected chi connectivity index (χ1v) is 9.25. The molecule has 24 heavy (non-hydrogen) atoms. The van der Waals surface area contributed by atoms with Crippen LogP contribution in [0.25, 0.3) is 0 Å². The lowest BCUT2D eigenvalue weighted by Crippen LogP contribution is -2.15. The summed E-state index contributed by atoms with van der Waals surface area (Å²) in [6.45, 7) is 2.14. The molecule has 1 rings (SSSR count). The molecule has 2 atom stereocenters. The van der Waals surface area contributed by atoms with Crippen LogP contribution >= 0.6 is 0 Å². The number of hydrogen-bond acceptors (Lipinski definition) is 4. The van der Waals surface area contributed by atoms with Crippen LogP contribution in [0, 0.1) is 0 Å². The predicted molar refractivity (Wildman–Crippen MR) is 96.2 cm³/mol. The minimum Gasteiger partial charge on any atom is -0.389 e. The van der Waals surface area contributed by atoms with E-state index in [0.717, 1.165) is 51.4 Å². The second-order valence-corrected chi connectivity index (χ2v) is 6.19. The third-order valence-electron chi connectivity index (χ3n) is 3.89. The van der Waals surface area contributed by atoms with E-state index in [1.165, 1.54) is 0 Å². The van der Waals surface area contributed by atoms with Gasteiger partial charge in [0.25, 0.3) is 0 Å². The summed E-state index contributed by atoms with van der Waals surface area (Å²) in [5.41, 5.74) is 0. The van der Waals surface area contributed by atoms with Gasteiger partial charge in [-0.1, -0.05) is 62.6 Å². The van der Waals surface area contributed by atoms with Crippen molar-refractivity contribution in [2.24, 2.45) is 0 Å². The standard InChI is InChI=1S/C20H32O4/c1-2-3-10-13-18(21)16-17-19-14-11-8-6-4-5-7-9-12-15-20(22)24-23-19/h5-8,16-19,21H,2-4,9-15H2,1H3. The maximum absolute atomic E-state index is 11.7. The van der Waals surface area contributed by atoms with Crippen molar-refractivity contribution in [3.8, 4) is 0 Å². The summed E-state index contributed by atoms with van der Waals surface area (Å²) in [7, 11) is 0. The number of hydrogen-bond donors (Lipinski definition) is 1. The molecular formula is C20H32O4. The van der Waals surface area contributed by atoms with Crippen LogP contribution in [0.5, 0.6) is 0 Å². The quantitative estimate of drug-likeness (QED) is 0.430. The molecule has 0 radical (unpaired) electrons. The van der Waals surface area contributed by atoms with E-state index in [2.05, 4.69) is 31.2 Å². The van der Waals surface area contributed by atoms with Gasteiger partial charge in [0.15, 0.2) is 0 Å². The van der Waals surface area contributed by atoms with E-state index < -0.39 is 6.10 Å². The molecule has 0 aromatic heterocycles. The molecule has 0 aliphatic carbocycles. The van der Waals surface area contributed by atoms with Crippen molar-refractivity contribution in [2.45, 2.75) is 83.3 Å².